The van der Waals surface area contributed by atoms with Gasteiger partial charge in [0.2, 0.25) is 17.7 Å². The third-order valence-electron chi connectivity index (χ3n) is 7.29. The standard InChI is InChI=1S/C30H38N4O8/c1-19(31-26(37)17-34-8-10-41-11-9-34)28(39)33-25(15-21-12-22(35)16-23(36)13-21)29(40)32-24(27(38)30(2)18-42-30)14-20-6-4-3-5-7-20/h3-7,12-13,16,19,24-25,35-36H,8-11,14-15,17-18H2,1-2H3,(H,31,37)(H,32,40)(H,33,39). The van der Waals surface area contributed by atoms with Crippen molar-refractivity contribution in [2.45, 2.75) is 50.4 Å². The molecule has 4 rings (SSSR count). The number of ketones is 1. The highest BCUT2D eigenvalue weighted by molar-refractivity contribution is 5.98. The number of epoxide rings is 1. The topological polar surface area (TPSA) is 170 Å². The van der Waals surface area contributed by atoms with E-state index in [9.17, 15) is 29.4 Å². The van der Waals surface area contributed by atoms with Gasteiger partial charge < -0.3 is 35.6 Å². The number of Topliss-reactive ketones (excluding diaryl/α,β-unsaturated/α-hetero) is 1. The third-order valence-corrected chi connectivity index (χ3v) is 7.29. The SMILES string of the molecule is CC(NC(=O)CN1CCOCC1)C(=O)NC(Cc1cc(O)cc(O)c1)C(=O)NC(Cc1ccccc1)C(=O)C1(C)CO1. The Bertz CT molecular complexity index is 1260. The summed E-state index contributed by atoms with van der Waals surface area (Å²) < 4.78 is 10.6. The number of carbonyl (C=O) groups is 4. The number of nitrogens with zero attached hydrogens (tertiary/aromatic N) is 1. The monoisotopic (exact) mass is 582 g/mol. The van der Waals surface area contributed by atoms with E-state index in [1.165, 1.54) is 19.1 Å². The molecule has 42 heavy (non-hydrogen) atoms. The summed E-state index contributed by atoms with van der Waals surface area (Å²) in [7, 11) is 0. The maximum Gasteiger partial charge on any atom is 0.243 e. The van der Waals surface area contributed by atoms with Crippen molar-refractivity contribution in [3.8, 4) is 11.5 Å². The number of nitrogens with one attached hydrogen (secondary N) is 3. The number of benzene rings is 2. The molecule has 12 nitrogen and oxygen atoms in total. The van der Waals surface area contributed by atoms with Crippen molar-refractivity contribution in [3.63, 3.8) is 0 Å². The number of phenols is 2. The molecule has 0 spiro atoms. The molecule has 226 valence electrons. The zero-order valence-electron chi connectivity index (χ0n) is 23.8. The highest BCUT2D eigenvalue weighted by Crippen LogP contribution is 2.29. The van der Waals surface area contributed by atoms with E-state index in [2.05, 4.69) is 16.0 Å². The number of phenolic OH excluding ortho intramolecular Hbond substituents is 2. The minimum Gasteiger partial charge on any atom is -0.508 e. The summed E-state index contributed by atoms with van der Waals surface area (Å²) in [6.45, 7) is 5.81. The van der Waals surface area contributed by atoms with Crippen LogP contribution in [0.3, 0.4) is 0 Å². The number of morpholine rings is 1. The van der Waals surface area contributed by atoms with Crippen molar-refractivity contribution in [2.75, 3.05) is 39.5 Å². The highest BCUT2D eigenvalue weighted by atomic mass is 16.6. The Hall–Kier alpha value is -4.00. The summed E-state index contributed by atoms with van der Waals surface area (Å²) in [5.41, 5.74) is 0.206. The number of hydrogen-bond donors (Lipinski definition) is 5. The molecule has 4 atom stereocenters. The van der Waals surface area contributed by atoms with Gasteiger partial charge >= 0.3 is 0 Å². The molecule has 2 aliphatic heterocycles. The quantitative estimate of drug-likeness (QED) is 0.205. The first kappa shape index (κ1) is 30.9. The summed E-state index contributed by atoms with van der Waals surface area (Å²) in [6.07, 6.45) is 0.111. The highest BCUT2D eigenvalue weighted by Gasteiger charge is 2.50. The molecule has 12 heteroatoms. The van der Waals surface area contributed by atoms with Crippen LogP contribution in [-0.4, -0.2) is 102 Å². The lowest BCUT2D eigenvalue weighted by molar-refractivity contribution is -0.134. The average Bonchev–Trinajstić information content (AvgIpc) is 3.70. The van der Waals surface area contributed by atoms with Gasteiger partial charge in [-0.05, 0) is 43.5 Å². The summed E-state index contributed by atoms with van der Waals surface area (Å²) in [6, 6.07) is 9.99. The number of ether oxygens (including phenoxy) is 2. The van der Waals surface area contributed by atoms with Crippen molar-refractivity contribution in [1.29, 1.82) is 0 Å². The van der Waals surface area contributed by atoms with Crippen LogP contribution in [0.5, 0.6) is 11.5 Å². The van der Waals surface area contributed by atoms with Crippen LogP contribution in [0.2, 0.25) is 0 Å². The fraction of sp³-hybridized carbons (Fsp3) is 0.467. The van der Waals surface area contributed by atoms with E-state index in [1.807, 2.05) is 35.2 Å². The summed E-state index contributed by atoms with van der Waals surface area (Å²) >= 11 is 0. The number of hydrogen-bond acceptors (Lipinski definition) is 9. The minimum atomic E-state index is -1.20. The van der Waals surface area contributed by atoms with Crippen LogP contribution in [0.15, 0.2) is 48.5 Å². The molecular weight excluding hydrogens is 544 g/mol. The van der Waals surface area contributed by atoms with Gasteiger partial charge in [0, 0.05) is 25.6 Å². The van der Waals surface area contributed by atoms with Crippen molar-refractivity contribution >= 4 is 23.5 Å². The van der Waals surface area contributed by atoms with Crippen LogP contribution in [-0.2, 0) is 41.5 Å². The van der Waals surface area contributed by atoms with Gasteiger partial charge in [0.05, 0.1) is 32.4 Å². The van der Waals surface area contributed by atoms with Gasteiger partial charge in [-0.15, -0.1) is 0 Å². The average molecular weight is 583 g/mol. The Morgan fingerprint density at radius 3 is 2.10 bits per heavy atom. The van der Waals surface area contributed by atoms with Gasteiger partial charge in [-0.3, -0.25) is 24.1 Å². The van der Waals surface area contributed by atoms with E-state index in [4.69, 9.17) is 9.47 Å². The fourth-order valence-corrected chi connectivity index (χ4v) is 4.78. The zero-order chi connectivity index (χ0) is 30.3. The number of carbonyl (C=O) groups excluding carboxylic acids is 4. The van der Waals surface area contributed by atoms with Crippen molar-refractivity contribution < 1.29 is 38.9 Å². The molecular formula is C30H38N4O8. The van der Waals surface area contributed by atoms with E-state index in [1.54, 1.807) is 6.92 Å². The Labute approximate surface area is 244 Å². The van der Waals surface area contributed by atoms with E-state index in [-0.39, 0.29) is 49.2 Å². The van der Waals surface area contributed by atoms with Crippen LogP contribution in [0.25, 0.3) is 0 Å². The van der Waals surface area contributed by atoms with Gasteiger partial charge in [-0.25, -0.2) is 0 Å². The van der Waals surface area contributed by atoms with Crippen molar-refractivity contribution in [2.24, 2.45) is 0 Å². The molecule has 0 saturated carbocycles. The number of amides is 3. The van der Waals surface area contributed by atoms with Gasteiger partial charge in [-0.1, -0.05) is 30.3 Å². The first-order chi connectivity index (χ1) is 20.0. The van der Waals surface area contributed by atoms with E-state index in [0.29, 0.717) is 31.9 Å². The predicted octanol–water partition coefficient (Wildman–Crippen LogP) is 0.0475. The van der Waals surface area contributed by atoms with Gasteiger partial charge in [0.1, 0.15) is 29.2 Å². The van der Waals surface area contributed by atoms with E-state index in [0.717, 1.165) is 11.6 Å². The second-order valence-electron chi connectivity index (χ2n) is 10.9. The first-order valence-corrected chi connectivity index (χ1v) is 14.0. The number of rotatable bonds is 13. The Kier molecular flexibility index (Phi) is 10.2. The maximum atomic E-state index is 13.7. The molecule has 2 aromatic rings. The molecule has 0 radical (unpaired) electrons. The van der Waals surface area contributed by atoms with Gasteiger partial charge in [0.25, 0.3) is 0 Å². The van der Waals surface area contributed by atoms with Crippen LogP contribution in [0, 0.1) is 0 Å². The molecule has 3 amide bonds. The molecule has 5 N–H and O–H groups in total. The van der Waals surface area contributed by atoms with Crippen LogP contribution < -0.4 is 16.0 Å². The predicted molar refractivity (Wildman–Crippen MR) is 152 cm³/mol. The van der Waals surface area contributed by atoms with Crippen LogP contribution in [0.1, 0.15) is 25.0 Å². The Morgan fingerprint density at radius 1 is 0.881 bits per heavy atom. The van der Waals surface area contributed by atoms with Crippen LogP contribution >= 0.6 is 0 Å². The second-order valence-corrected chi connectivity index (χ2v) is 10.9. The summed E-state index contributed by atoms with van der Waals surface area (Å²) in [5.74, 6) is -2.31. The molecule has 2 saturated heterocycles. The minimum absolute atomic E-state index is 0.103. The molecule has 2 aliphatic rings. The summed E-state index contributed by atoms with van der Waals surface area (Å²) in [4.78, 5) is 54.6. The second kappa shape index (κ2) is 13.8. The van der Waals surface area contributed by atoms with Gasteiger partial charge in [0.15, 0.2) is 5.78 Å². The molecule has 0 bridgehead atoms. The molecule has 0 aromatic heterocycles. The van der Waals surface area contributed by atoms with E-state index >= 15 is 0 Å². The molecule has 2 aromatic carbocycles. The lowest BCUT2D eigenvalue weighted by Gasteiger charge is -2.27. The summed E-state index contributed by atoms with van der Waals surface area (Å²) in [5, 5.41) is 28.0. The van der Waals surface area contributed by atoms with Crippen molar-refractivity contribution in [3.05, 3.63) is 59.7 Å². The maximum absolute atomic E-state index is 13.7. The van der Waals surface area contributed by atoms with E-state index < -0.39 is 35.5 Å². The third kappa shape index (κ3) is 8.75. The van der Waals surface area contributed by atoms with Crippen LogP contribution in [0.4, 0.5) is 0 Å². The lowest BCUT2D eigenvalue weighted by Crippen LogP contribution is -2.57. The number of aromatic hydroxyl groups is 2. The first-order valence-electron chi connectivity index (χ1n) is 14.0. The smallest absolute Gasteiger partial charge is 0.243 e. The molecule has 4 unspecified atom stereocenters. The fourth-order valence-electron chi connectivity index (χ4n) is 4.78. The van der Waals surface area contributed by atoms with Crippen molar-refractivity contribution in [1.82, 2.24) is 20.9 Å². The Balaban J connectivity index is 1.48. The zero-order valence-corrected chi connectivity index (χ0v) is 23.8. The lowest BCUT2D eigenvalue weighted by atomic mass is 9.94. The largest absolute Gasteiger partial charge is 0.508 e. The Morgan fingerprint density at radius 2 is 1.48 bits per heavy atom. The molecule has 2 heterocycles. The molecule has 0 aliphatic carbocycles. The normalized spacial score (nSPS) is 20.5. The molecule has 2 fully saturated rings. The van der Waals surface area contributed by atoms with Gasteiger partial charge in [-0.2, -0.15) is 0 Å².